The summed E-state index contributed by atoms with van der Waals surface area (Å²) in [6, 6.07) is 13.5. The van der Waals surface area contributed by atoms with Crippen LogP contribution in [0.3, 0.4) is 0 Å². The van der Waals surface area contributed by atoms with Crippen LogP contribution in [0.1, 0.15) is 101 Å². The zero-order valence-corrected chi connectivity index (χ0v) is 22.3. The van der Waals surface area contributed by atoms with Crippen molar-refractivity contribution in [2.24, 2.45) is 0 Å². The number of anilines is 2. The zero-order valence-electron chi connectivity index (χ0n) is 20.1. The molecule has 31 heavy (non-hydrogen) atoms. The topological polar surface area (TPSA) is 6.48 Å². The van der Waals surface area contributed by atoms with E-state index in [9.17, 15) is 0 Å². The Balaban J connectivity index is 0.00000240. The van der Waals surface area contributed by atoms with Crippen molar-refractivity contribution in [2.45, 2.75) is 79.1 Å². The van der Waals surface area contributed by atoms with E-state index in [4.69, 9.17) is 0 Å². The van der Waals surface area contributed by atoms with Crippen LogP contribution in [-0.2, 0) is 22.4 Å². The Morgan fingerprint density at radius 3 is 1.03 bits per heavy atom. The van der Waals surface area contributed by atoms with Crippen molar-refractivity contribution >= 4 is 11.4 Å². The van der Waals surface area contributed by atoms with E-state index in [0.717, 1.165) is 0 Å². The van der Waals surface area contributed by atoms with Crippen molar-refractivity contribution in [1.82, 2.24) is 0 Å². The van der Waals surface area contributed by atoms with Crippen LogP contribution in [0.2, 0.25) is 0 Å². The minimum Gasteiger partial charge on any atom is -1.00 e. The van der Waals surface area contributed by atoms with E-state index in [2.05, 4.69) is 121 Å². The van der Waals surface area contributed by atoms with Crippen LogP contribution >= 0.6 is 0 Å². The number of rotatable bonds is 6. The smallest absolute Gasteiger partial charge is 1.00 e. The van der Waals surface area contributed by atoms with Crippen LogP contribution in [0.25, 0.3) is 0 Å². The summed E-state index contributed by atoms with van der Waals surface area (Å²) >= 11 is 0. The average Bonchev–Trinajstić information content (AvgIpc) is 3.15. The molecular formula is C27H37AgClN2-. The maximum atomic E-state index is 2.33. The first kappa shape index (κ1) is 27.8. The van der Waals surface area contributed by atoms with Gasteiger partial charge in [-0.1, -0.05) is 91.8 Å². The predicted molar refractivity (Wildman–Crippen MR) is 128 cm³/mol. The molecule has 0 saturated carbocycles. The van der Waals surface area contributed by atoms with Gasteiger partial charge in [-0.25, -0.2) is 0 Å². The van der Waals surface area contributed by atoms with E-state index in [1.165, 1.54) is 33.6 Å². The maximum absolute atomic E-state index is 2.33. The maximum Gasteiger partial charge on any atom is 1.00 e. The van der Waals surface area contributed by atoms with E-state index in [0.29, 0.717) is 23.7 Å². The van der Waals surface area contributed by atoms with E-state index in [-0.39, 0.29) is 34.8 Å². The fourth-order valence-electron chi connectivity index (χ4n) is 4.24. The van der Waals surface area contributed by atoms with Gasteiger partial charge in [0.2, 0.25) is 0 Å². The zero-order chi connectivity index (χ0) is 21.3. The first-order chi connectivity index (χ1) is 13.7. The molecule has 0 atom stereocenters. The fourth-order valence-corrected chi connectivity index (χ4v) is 4.24. The largest absolute Gasteiger partial charge is 1.00 e. The van der Waals surface area contributed by atoms with Crippen LogP contribution in [0.4, 0.5) is 11.4 Å². The number of nitrogens with zero attached hydrogens (tertiary/aromatic N) is 2. The molecule has 0 aliphatic carbocycles. The van der Waals surface area contributed by atoms with Crippen molar-refractivity contribution in [1.29, 1.82) is 0 Å². The van der Waals surface area contributed by atoms with Crippen molar-refractivity contribution in [3.63, 3.8) is 0 Å². The standard InChI is InChI=1S/C27H37N2.Ag.ClH/c1-18(2)22-11-9-12-23(19(3)4)26(22)28-15-16-29(17-28)27-24(20(5)6)13-10-14-25(27)21(7)8;;/h9-21H,1-8H3;;1H/q-1;+1;/p-1. The van der Waals surface area contributed by atoms with E-state index < -0.39 is 0 Å². The molecule has 1 aliphatic heterocycles. The molecule has 0 spiro atoms. The third kappa shape index (κ3) is 5.79. The van der Waals surface area contributed by atoms with Crippen LogP contribution in [0.5, 0.6) is 0 Å². The van der Waals surface area contributed by atoms with E-state index >= 15 is 0 Å². The molecule has 4 heteroatoms. The van der Waals surface area contributed by atoms with Gasteiger partial charge in [0, 0.05) is 11.4 Å². The molecule has 0 radical (unpaired) electrons. The molecule has 174 valence electrons. The van der Waals surface area contributed by atoms with Crippen molar-refractivity contribution in [2.75, 3.05) is 9.80 Å². The Bertz CT molecular complexity index is 763. The second-order valence-electron chi connectivity index (χ2n) is 9.42. The summed E-state index contributed by atoms with van der Waals surface area (Å²) in [6.45, 7) is 20.5. The van der Waals surface area contributed by atoms with Crippen molar-refractivity contribution < 1.29 is 34.8 Å². The van der Waals surface area contributed by atoms with Gasteiger partial charge in [-0.3, -0.25) is 0 Å². The first-order valence-electron chi connectivity index (χ1n) is 11.1. The molecule has 1 aliphatic rings. The third-order valence-corrected chi connectivity index (χ3v) is 5.84. The van der Waals surface area contributed by atoms with Gasteiger partial charge in [-0.2, -0.15) is 0 Å². The fraction of sp³-hybridized carbons (Fsp3) is 0.444. The summed E-state index contributed by atoms with van der Waals surface area (Å²) in [5, 5.41) is 0. The summed E-state index contributed by atoms with van der Waals surface area (Å²) in [5.41, 5.74) is 8.29. The Kier molecular flexibility index (Phi) is 10.4. The summed E-state index contributed by atoms with van der Waals surface area (Å²) in [5.74, 6) is 1.92. The second-order valence-corrected chi connectivity index (χ2v) is 9.42. The normalized spacial score (nSPS) is 13.4. The number of benzene rings is 2. The molecule has 0 aromatic heterocycles. The minimum atomic E-state index is 0. The molecular weight excluding hydrogens is 496 g/mol. The van der Waals surface area contributed by atoms with Crippen molar-refractivity contribution in [3.8, 4) is 0 Å². The molecule has 3 rings (SSSR count). The van der Waals surface area contributed by atoms with Gasteiger partial charge < -0.3 is 22.2 Å². The van der Waals surface area contributed by atoms with Gasteiger partial charge >= 0.3 is 22.4 Å². The molecule has 1 heterocycles. The number of hydrogen-bond acceptors (Lipinski definition) is 2. The Labute approximate surface area is 212 Å². The molecule has 0 N–H and O–H groups in total. The molecule has 0 saturated heterocycles. The van der Waals surface area contributed by atoms with Crippen LogP contribution in [0, 0.1) is 6.67 Å². The molecule has 2 aromatic rings. The first-order valence-corrected chi connectivity index (χ1v) is 11.1. The molecule has 0 fully saturated rings. The van der Waals surface area contributed by atoms with Gasteiger partial charge in [-0.05, 0) is 58.3 Å². The predicted octanol–water partition coefficient (Wildman–Crippen LogP) is 5.10. The Hall–Kier alpha value is -1.19. The number of hydrogen-bond donors (Lipinski definition) is 0. The molecule has 2 aromatic carbocycles. The quantitative estimate of drug-likeness (QED) is 0.377. The average molecular weight is 533 g/mol. The molecule has 0 amide bonds. The number of para-hydroxylation sites is 2. The van der Waals surface area contributed by atoms with Gasteiger partial charge in [0.1, 0.15) is 0 Å². The SMILES string of the molecule is CC(C)c1cccc(C(C)C)c1N1C=CN(c2c(C(C)C)cccc2C(C)C)[CH-]1.[Ag+].[Cl-]. The molecule has 0 bridgehead atoms. The monoisotopic (exact) mass is 531 g/mol. The Morgan fingerprint density at radius 1 is 0.548 bits per heavy atom. The summed E-state index contributed by atoms with van der Waals surface area (Å²) in [6.07, 6.45) is 4.43. The van der Waals surface area contributed by atoms with Crippen LogP contribution < -0.4 is 22.2 Å². The molecule has 2 nitrogen and oxygen atoms in total. The van der Waals surface area contributed by atoms with Gasteiger partial charge in [0.15, 0.2) is 0 Å². The molecule has 0 unspecified atom stereocenters. The summed E-state index contributed by atoms with van der Waals surface area (Å²) in [4.78, 5) is 4.65. The Morgan fingerprint density at radius 2 is 0.806 bits per heavy atom. The third-order valence-electron chi connectivity index (χ3n) is 5.84. The van der Waals surface area contributed by atoms with Gasteiger partial charge in [-0.15, -0.1) is 6.67 Å². The van der Waals surface area contributed by atoms with Crippen LogP contribution in [-0.4, -0.2) is 0 Å². The van der Waals surface area contributed by atoms with Crippen molar-refractivity contribution in [3.05, 3.63) is 77.7 Å². The van der Waals surface area contributed by atoms with Gasteiger partial charge in [0.05, 0.1) is 0 Å². The number of halogens is 1. The van der Waals surface area contributed by atoms with Gasteiger partial charge in [0.25, 0.3) is 0 Å². The van der Waals surface area contributed by atoms with Crippen LogP contribution in [0.15, 0.2) is 48.8 Å². The van der Waals surface area contributed by atoms with E-state index in [1.807, 2.05) is 0 Å². The van der Waals surface area contributed by atoms with E-state index in [1.54, 1.807) is 0 Å². The summed E-state index contributed by atoms with van der Waals surface area (Å²) in [7, 11) is 0. The minimum absolute atomic E-state index is 0. The second kappa shape index (κ2) is 11.6. The summed E-state index contributed by atoms with van der Waals surface area (Å²) < 4.78 is 0.